The van der Waals surface area contributed by atoms with Gasteiger partial charge >= 0.3 is 5.97 Å². The number of aryl methyl sites for hydroxylation is 1. The van der Waals surface area contributed by atoms with Gasteiger partial charge in [0, 0.05) is 30.9 Å². The van der Waals surface area contributed by atoms with Crippen molar-refractivity contribution in [3.8, 4) is 5.75 Å². The number of carboxylic acid groups (broad SMARTS) is 1. The van der Waals surface area contributed by atoms with E-state index in [1.807, 2.05) is 53.2 Å². The van der Waals surface area contributed by atoms with Crippen molar-refractivity contribution in [3.05, 3.63) is 102 Å². The van der Waals surface area contributed by atoms with Crippen molar-refractivity contribution >= 4 is 28.7 Å². The lowest BCUT2D eigenvalue weighted by Gasteiger charge is -2.13. The highest BCUT2D eigenvalue weighted by molar-refractivity contribution is 5.98. The maximum Gasteiger partial charge on any atom is 0.335 e. The van der Waals surface area contributed by atoms with Crippen LogP contribution < -0.4 is 10.1 Å². The number of nitrogens with zero attached hydrogens (tertiary/aromatic N) is 2. The Kier molecular flexibility index (Phi) is 7.35. The van der Waals surface area contributed by atoms with Gasteiger partial charge in [0.1, 0.15) is 12.4 Å². The number of aromatic carboxylic acids is 1. The smallest absolute Gasteiger partial charge is 0.335 e. The fourth-order valence-corrected chi connectivity index (χ4v) is 3.57. The van der Waals surface area contributed by atoms with Crippen molar-refractivity contribution in [1.29, 1.82) is 0 Å². The minimum absolute atomic E-state index is 0.0715. The van der Waals surface area contributed by atoms with Crippen molar-refractivity contribution in [2.45, 2.75) is 13.0 Å². The fourth-order valence-electron chi connectivity index (χ4n) is 3.57. The van der Waals surface area contributed by atoms with Gasteiger partial charge in [-0.25, -0.2) is 9.78 Å². The molecule has 0 saturated heterocycles. The molecule has 0 unspecified atom stereocenters. The maximum atomic E-state index is 13.0. The first-order valence-corrected chi connectivity index (χ1v) is 11.0. The lowest BCUT2D eigenvalue weighted by atomic mass is 10.1. The third-order valence-corrected chi connectivity index (χ3v) is 5.36. The highest BCUT2D eigenvalue weighted by atomic mass is 16.5. The lowest BCUT2D eigenvalue weighted by molar-refractivity contribution is -0.117. The Bertz CT molecular complexity index is 1290. The number of rotatable bonds is 10. The average Bonchev–Trinajstić information content (AvgIpc) is 3.38. The molecule has 34 heavy (non-hydrogen) atoms. The van der Waals surface area contributed by atoms with Gasteiger partial charge in [-0.15, -0.1) is 0 Å². The lowest BCUT2D eigenvalue weighted by Crippen LogP contribution is -2.29. The van der Waals surface area contributed by atoms with Crippen LogP contribution in [0.2, 0.25) is 0 Å². The maximum absolute atomic E-state index is 13.0. The molecule has 1 aromatic heterocycles. The molecule has 1 heterocycles. The highest BCUT2D eigenvalue weighted by Gasteiger charge is 2.12. The van der Waals surface area contributed by atoms with Gasteiger partial charge in [0.15, 0.2) is 0 Å². The quantitative estimate of drug-likeness (QED) is 0.273. The van der Waals surface area contributed by atoms with Gasteiger partial charge in [-0.3, -0.25) is 4.79 Å². The van der Waals surface area contributed by atoms with Gasteiger partial charge in [-0.05, 0) is 41.6 Å². The zero-order valence-corrected chi connectivity index (χ0v) is 18.6. The Morgan fingerprint density at radius 1 is 1.03 bits per heavy atom. The molecule has 172 valence electrons. The van der Waals surface area contributed by atoms with E-state index in [1.54, 1.807) is 30.7 Å². The summed E-state index contributed by atoms with van der Waals surface area (Å²) in [6, 6.07) is 20.1. The van der Waals surface area contributed by atoms with Gasteiger partial charge in [0.05, 0.1) is 17.5 Å². The van der Waals surface area contributed by atoms with Crippen LogP contribution in [0.3, 0.4) is 0 Å². The average molecular weight is 456 g/mol. The molecule has 0 fully saturated rings. The Balaban J connectivity index is 1.49. The summed E-state index contributed by atoms with van der Waals surface area (Å²) in [4.78, 5) is 28.1. The second-order valence-electron chi connectivity index (χ2n) is 7.77. The molecule has 0 aliphatic rings. The number of carbonyl (C=O) groups is 2. The van der Waals surface area contributed by atoms with Gasteiger partial charge < -0.3 is 19.7 Å². The minimum atomic E-state index is -0.995. The Labute approximate surface area is 197 Å². The first-order chi connectivity index (χ1) is 16.6. The number of fused-ring (bicyclic) bond motifs is 1. The number of benzene rings is 3. The van der Waals surface area contributed by atoms with Crippen molar-refractivity contribution in [1.82, 2.24) is 14.9 Å². The summed E-state index contributed by atoms with van der Waals surface area (Å²) in [5, 5.41) is 14.1. The summed E-state index contributed by atoms with van der Waals surface area (Å²) in [6.45, 7) is 1.32. The van der Waals surface area contributed by atoms with Crippen LogP contribution in [-0.4, -0.2) is 39.7 Å². The molecule has 7 heteroatoms. The molecule has 0 spiro atoms. The number of ether oxygens (including phenoxy) is 1. The topological polar surface area (TPSA) is 93.5 Å². The molecule has 2 N–H and O–H groups in total. The highest BCUT2D eigenvalue weighted by Crippen LogP contribution is 2.25. The van der Waals surface area contributed by atoms with Crippen molar-refractivity contribution in [2.24, 2.45) is 0 Å². The minimum Gasteiger partial charge on any atom is -0.488 e. The number of carbonyl (C=O) groups excluding carboxylic acids is 1. The van der Waals surface area contributed by atoms with E-state index < -0.39 is 5.97 Å². The SMILES string of the molecule is O=C(NCCCn1ccnc1)C(=Cc1ccc(C(=O)O)cc1)COc1cccc2ccccc12. The van der Waals surface area contributed by atoms with E-state index in [0.29, 0.717) is 17.9 Å². The summed E-state index contributed by atoms with van der Waals surface area (Å²) in [5.41, 5.74) is 1.35. The number of amides is 1. The van der Waals surface area contributed by atoms with E-state index in [0.717, 1.165) is 29.3 Å². The van der Waals surface area contributed by atoms with Gasteiger partial charge in [-0.2, -0.15) is 0 Å². The van der Waals surface area contributed by atoms with E-state index >= 15 is 0 Å². The van der Waals surface area contributed by atoms with E-state index in [-0.39, 0.29) is 18.1 Å². The molecular weight excluding hydrogens is 430 g/mol. The normalized spacial score (nSPS) is 11.4. The summed E-state index contributed by atoms with van der Waals surface area (Å²) in [7, 11) is 0. The Morgan fingerprint density at radius 3 is 2.59 bits per heavy atom. The molecule has 0 bridgehead atoms. The van der Waals surface area contributed by atoms with Crippen molar-refractivity contribution < 1.29 is 19.4 Å². The molecule has 4 aromatic rings. The molecule has 0 radical (unpaired) electrons. The molecule has 0 atom stereocenters. The predicted octanol–water partition coefficient (Wildman–Crippen LogP) is 4.40. The van der Waals surface area contributed by atoms with Gasteiger partial charge in [0.2, 0.25) is 0 Å². The van der Waals surface area contributed by atoms with E-state index in [4.69, 9.17) is 9.84 Å². The number of carboxylic acids is 1. The summed E-state index contributed by atoms with van der Waals surface area (Å²) in [6.07, 6.45) is 7.83. The second kappa shape index (κ2) is 11.0. The number of hydrogen-bond acceptors (Lipinski definition) is 4. The summed E-state index contributed by atoms with van der Waals surface area (Å²) < 4.78 is 8.02. The molecule has 0 saturated carbocycles. The predicted molar refractivity (Wildman–Crippen MR) is 131 cm³/mol. The van der Waals surface area contributed by atoms with Gasteiger partial charge in [0.25, 0.3) is 5.91 Å². The standard InChI is InChI=1S/C27H25N3O4/c31-26(29-13-4-15-30-16-14-28-19-30)23(17-20-9-11-22(12-10-20)27(32)33)18-34-25-8-3-6-21-5-1-2-7-24(21)25/h1-3,5-12,14,16-17,19H,4,13,15,18H2,(H,29,31)(H,32,33). The van der Waals surface area contributed by atoms with E-state index in [9.17, 15) is 9.59 Å². The third-order valence-electron chi connectivity index (χ3n) is 5.36. The summed E-state index contributed by atoms with van der Waals surface area (Å²) >= 11 is 0. The van der Waals surface area contributed by atoms with Crippen LogP contribution >= 0.6 is 0 Å². The van der Waals surface area contributed by atoms with E-state index in [1.165, 1.54) is 12.1 Å². The Morgan fingerprint density at radius 2 is 1.82 bits per heavy atom. The van der Waals surface area contributed by atoms with Crippen LogP contribution in [0.4, 0.5) is 0 Å². The van der Waals surface area contributed by atoms with Crippen LogP contribution in [0.1, 0.15) is 22.3 Å². The molecule has 0 aliphatic heterocycles. The molecule has 3 aromatic carbocycles. The van der Waals surface area contributed by atoms with Crippen LogP contribution in [0.25, 0.3) is 16.8 Å². The fraction of sp³-hybridized carbons (Fsp3) is 0.148. The van der Waals surface area contributed by atoms with Crippen LogP contribution in [0, 0.1) is 0 Å². The monoisotopic (exact) mass is 455 g/mol. The second-order valence-corrected chi connectivity index (χ2v) is 7.77. The largest absolute Gasteiger partial charge is 0.488 e. The van der Waals surface area contributed by atoms with Crippen molar-refractivity contribution in [3.63, 3.8) is 0 Å². The van der Waals surface area contributed by atoms with Gasteiger partial charge in [-0.1, -0.05) is 48.5 Å². The Hall–Kier alpha value is -4.39. The first kappa shape index (κ1) is 22.8. The number of hydrogen-bond donors (Lipinski definition) is 2. The van der Waals surface area contributed by atoms with Crippen LogP contribution in [0.5, 0.6) is 5.75 Å². The van der Waals surface area contributed by atoms with Crippen molar-refractivity contribution in [2.75, 3.05) is 13.2 Å². The zero-order chi connectivity index (χ0) is 23.8. The molecule has 0 aliphatic carbocycles. The molecule has 4 rings (SSSR count). The molecule has 7 nitrogen and oxygen atoms in total. The molecular formula is C27H25N3O4. The summed E-state index contributed by atoms with van der Waals surface area (Å²) in [5.74, 6) is -0.531. The molecule has 1 amide bonds. The third kappa shape index (κ3) is 5.89. The number of aromatic nitrogens is 2. The number of nitrogens with one attached hydrogen (secondary N) is 1. The van der Waals surface area contributed by atoms with Crippen LogP contribution in [0.15, 0.2) is 91.0 Å². The van der Waals surface area contributed by atoms with E-state index in [2.05, 4.69) is 10.3 Å². The van der Waals surface area contributed by atoms with Crippen LogP contribution in [-0.2, 0) is 11.3 Å². The first-order valence-electron chi connectivity index (χ1n) is 11.0. The number of imidazole rings is 1. The zero-order valence-electron chi connectivity index (χ0n) is 18.6.